The minimum Gasteiger partial charge on any atom is -0.294 e. The molecule has 1 aromatic heterocycles. The molecule has 1 heterocycles. The van der Waals surface area contributed by atoms with E-state index >= 15 is 0 Å². The molecule has 2 rings (SSSR count). The quantitative estimate of drug-likeness (QED) is 0.775. The molecule has 2 nitrogen and oxygen atoms in total. The number of aromatic nitrogens is 1. The number of benzene rings is 1. The molecule has 0 unspecified atom stereocenters. The zero-order chi connectivity index (χ0) is 12.3. The fourth-order valence-corrected chi connectivity index (χ4v) is 1.73. The second-order valence-corrected chi connectivity index (χ2v) is 4.35. The predicted molar refractivity (Wildman–Crippen MR) is 68.5 cm³/mol. The van der Waals surface area contributed by atoms with Crippen molar-refractivity contribution in [3.05, 3.63) is 64.4 Å². The van der Waals surface area contributed by atoms with E-state index in [4.69, 9.17) is 11.6 Å². The third kappa shape index (κ3) is 3.14. The number of hydrogen-bond acceptors (Lipinski definition) is 2. The number of halogens is 1. The summed E-state index contributed by atoms with van der Waals surface area (Å²) in [5, 5.41) is 0.681. The largest absolute Gasteiger partial charge is 0.294 e. The first-order valence-electron chi connectivity index (χ1n) is 5.35. The minimum atomic E-state index is 0.0952. The van der Waals surface area contributed by atoms with Crippen LogP contribution in [0.5, 0.6) is 0 Å². The Kier molecular flexibility index (Phi) is 3.55. The van der Waals surface area contributed by atoms with Crippen LogP contribution in [0.15, 0.2) is 42.6 Å². The van der Waals surface area contributed by atoms with Gasteiger partial charge >= 0.3 is 0 Å². The van der Waals surface area contributed by atoms with Crippen molar-refractivity contribution in [3.63, 3.8) is 0 Å². The molecule has 0 aliphatic rings. The third-order valence-electron chi connectivity index (χ3n) is 2.50. The average molecular weight is 246 g/mol. The van der Waals surface area contributed by atoms with Crippen molar-refractivity contribution in [3.8, 4) is 0 Å². The molecule has 0 amide bonds. The van der Waals surface area contributed by atoms with Crippen molar-refractivity contribution in [2.45, 2.75) is 13.3 Å². The molecule has 1 aromatic carbocycles. The van der Waals surface area contributed by atoms with Crippen molar-refractivity contribution in [1.29, 1.82) is 0 Å². The van der Waals surface area contributed by atoms with E-state index in [-0.39, 0.29) is 5.78 Å². The molecule has 0 fully saturated rings. The van der Waals surface area contributed by atoms with Gasteiger partial charge in [-0.3, -0.25) is 9.78 Å². The van der Waals surface area contributed by atoms with Crippen LogP contribution in [0.2, 0.25) is 5.02 Å². The van der Waals surface area contributed by atoms with Crippen molar-refractivity contribution < 1.29 is 4.79 Å². The first kappa shape index (κ1) is 11.8. The maximum absolute atomic E-state index is 12.0. The fraction of sp³-hybridized carbons (Fsp3) is 0.143. The summed E-state index contributed by atoms with van der Waals surface area (Å²) < 4.78 is 0. The lowest BCUT2D eigenvalue weighted by Crippen LogP contribution is -2.04. The van der Waals surface area contributed by atoms with E-state index in [1.807, 2.05) is 19.1 Å². The molecule has 86 valence electrons. The van der Waals surface area contributed by atoms with Crippen molar-refractivity contribution in [2.75, 3.05) is 0 Å². The Balaban J connectivity index is 2.14. The first-order chi connectivity index (χ1) is 8.15. The van der Waals surface area contributed by atoms with Crippen LogP contribution in [0.25, 0.3) is 0 Å². The number of nitrogens with zero attached hydrogens (tertiary/aromatic N) is 1. The number of ketones is 1. The highest BCUT2D eigenvalue weighted by Gasteiger charge is 2.07. The van der Waals surface area contributed by atoms with Gasteiger partial charge in [-0.1, -0.05) is 23.7 Å². The number of carbonyl (C=O) groups is 1. The molecular formula is C14H12ClNO. The van der Waals surface area contributed by atoms with Gasteiger partial charge in [-0.2, -0.15) is 0 Å². The molecule has 0 radical (unpaired) electrons. The van der Waals surface area contributed by atoms with Gasteiger partial charge in [0.25, 0.3) is 0 Å². The van der Waals surface area contributed by atoms with Crippen LogP contribution >= 0.6 is 11.6 Å². The van der Waals surface area contributed by atoms with Crippen LogP contribution in [0, 0.1) is 6.92 Å². The summed E-state index contributed by atoms with van der Waals surface area (Å²) >= 11 is 5.79. The van der Waals surface area contributed by atoms with Gasteiger partial charge in [0.2, 0.25) is 0 Å². The summed E-state index contributed by atoms with van der Waals surface area (Å²) in [6.07, 6.45) is 2.05. The second kappa shape index (κ2) is 5.11. The second-order valence-electron chi connectivity index (χ2n) is 3.91. The average Bonchev–Trinajstić information content (AvgIpc) is 2.32. The van der Waals surface area contributed by atoms with Crippen LogP contribution < -0.4 is 0 Å². The number of carbonyl (C=O) groups excluding carboxylic acids is 1. The number of pyridine rings is 1. The molecule has 3 heteroatoms. The lowest BCUT2D eigenvalue weighted by Gasteiger charge is -2.02. The van der Waals surface area contributed by atoms with Gasteiger partial charge in [0.15, 0.2) is 5.78 Å². The lowest BCUT2D eigenvalue weighted by molar-refractivity contribution is 0.0993. The molecule has 0 spiro atoms. The molecular weight excluding hydrogens is 234 g/mol. The Bertz CT molecular complexity index is 534. The Morgan fingerprint density at radius 2 is 1.94 bits per heavy atom. The topological polar surface area (TPSA) is 30.0 Å². The summed E-state index contributed by atoms with van der Waals surface area (Å²) in [4.78, 5) is 16.1. The van der Waals surface area contributed by atoms with Crippen LogP contribution in [0.3, 0.4) is 0 Å². The molecule has 0 N–H and O–H groups in total. The van der Waals surface area contributed by atoms with Crippen molar-refractivity contribution >= 4 is 17.4 Å². The minimum absolute atomic E-state index is 0.0952. The monoisotopic (exact) mass is 245 g/mol. The van der Waals surface area contributed by atoms with Gasteiger partial charge in [0.05, 0.1) is 0 Å². The summed E-state index contributed by atoms with van der Waals surface area (Å²) in [7, 11) is 0. The van der Waals surface area contributed by atoms with E-state index in [0.29, 0.717) is 17.0 Å². The molecule has 0 saturated heterocycles. The van der Waals surface area contributed by atoms with E-state index in [0.717, 1.165) is 11.3 Å². The zero-order valence-corrected chi connectivity index (χ0v) is 10.2. The van der Waals surface area contributed by atoms with Crippen LogP contribution in [0.4, 0.5) is 0 Å². The third-order valence-corrected chi connectivity index (χ3v) is 2.75. The summed E-state index contributed by atoms with van der Waals surface area (Å²) in [5.74, 6) is 0.0952. The summed E-state index contributed by atoms with van der Waals surface area (Å²) in [6.45, 7) is 1.87. The van der Waals surface area contributed by atoms with Crippen molar-refractivity contribution in [1.82, 2.24) is 4.98 Å². The smallest absolute Gasteiger partial charge is 0.167 e. The van der Waals surface area contributed by atoms with E-state index in [1.165, 1.54) is 0 Å². The van der Waals surface area contributed by atoms with E-state index < -0.39 is 0 Å². The van der Waals surface area contributed by atoms with Gasteiger partial charge in [-0.15, -0.1) is 0 Å². The van der Waals surface area contributed by atoms with Gasteiger partial charge in [0.1, 0.15) is 0 Å². The first-order valence-corrected chi connectivity index (χ1v) is 5.73. The highest BCUT2D eigenvalue weighted by Crippen LogP contribution is 2.12. The van der Waals surface area contributed by atoms with Gasteiger partial charge in [0, 0.05) is 28.9 Å². The maximum Gasteiger partial charge on any atom is 0.167 e. The maximum atomic E-state index is 12.0. The Labute approximate surface area is 105 Å². The molecule has 2 aromatic rings. The van der Waals surface area contributed by atoms with E-state index in [9.17, 15) is 4.79 Å². The van der Waals surface area contributed by atoms with Gasteiger partial charge in [-0.25, -0.2) is 0 Å². The van der Waals surface area contributed by atoms with Crippen LogP contribution in [-0.4, -0.2) is 10.8 Å². The van der Waals surface area contributed by atoms with Crippen LogP contribution in [-0.2, 0) is 6.42 Å². The zero-order valence-electron chi connectivity index (χ0n) is 9.48. The Morgan fingerprint density at radius 1 is 1.24 bits per heavy atom. The molecule has 0 saturated carbocycles. The van der Waals surface area contributed by atoms with Crippen molar-refractivity contribution in [2.24, 2.45) is 0 Å². The lowest BCUT2D eigenvalue weighted by atomic mass is 10.0. The van der Waals surface area contributed by atoms with E-state index in [2.05, 4.69) is 4.98 Å². The van der Waals surface area contributed by atoms with Gasteiger partial charge in [-0.05, 0) is 36.8 Å². The normalized spacial score (nSPS) is 10.2. The molecule has 0 bridgehead atoms. The van der Waals surface area contributed by atoms with Gasteiger partial charge < -0.3 is 0 Å². The fourth-order valence-electron chi connectivity index (χ4n) is 1.61. The highest BCUT2D eigenvalue weighted by molar-refractivity contribution is 6.30. The summed E-state index contributed by atoms with van der Waals surface area (Å²) in [5.41, 5.74) is 2.52. The number of hydrogen-bond donors (Lipinski definition) is 0. The Morgan fingerprint density at radius 3 is 2.59 bits per heavy atom. The summed E-state index contributed by atoms with van der Waals surface area (Å²) in [6, 6.07) is 10.9. The van der Waals surface area contributed by atoms with Crippen LogP contribution in [0.1, 0.15) is 21.6 Å². The standard InChI is InChI=1S/C14H12ClNO/c1-10-8-12(6-7-16-10)14(17)9-11-2-4-13(15)5-3-11/h2-8H,9H2,1H3. The molecule has 0 atom stereocenters. The number of rotatable bonds is 3. The number of Topliss-reactive ketones (excluding diaryl/α,β-unsaturated/α-hetero) is 1. The molecule has 17 heavy (non-hydrogen) atoms. The SMILES string of the molecule is Cc1cc(C(=O)Cc2ccc(Cl)cc2)ccn1. The molecule has 0 aliphatic carbocycles. The highest BCUT2D eigenvalue weighted by atomic mass is 35.5. The van der Waals surface area contributed by atoms with E-state index in [1.54, 1.807) is 30.5 Å². The molecule has 0 aliphatic heterocycles. The number of aryl methyl sites for hydroxylation is 1. The Hall–Kier alpha value is -1.67. The predicted octanol–water partition coefficient (Wildman–Crippen LogP) is 3.47.